The molecule has 20 heavy (non-hydrogen) atoms. The molecule has 1 aromatic carbocycles. The minimum atomic E-state index is 0.646. The highest BCUT2D eigenvalue weighted by Gasteiger charge is 2.23. The molecule has 0 bridgehead atoms. The van der Waals surface area contributed by atoms with Crippen LogP contribution in [0.5, 0.6) is 0 Å². The lowest BCUT2D eigenvalue weighted by Crippen LogP contribution is -2.45. The van der Waals surface area contributed by atoms with Crippen LogP contribution in [0.3, 0.4) is 0 Å². The fraction of sp³-hybridized carbons (Fsp3) is 0.667. The Bertz CT molecular complexity index is 400. The van der Waals surface area contributed by atoms with Crippen LogP contribution in [0.4, 0.5) is 0 Å². The van der Waals surface area contributed by atoms with Crippen LogP contribution in [0.1, 0.15) is 44.7 Å². The van der Waals surface area contributed by atoms with Crippen molar-refractivity contribution in [2.24, 2.45) is 5.92 Å². The molecule has 112 valence electrons. The summed E-state index contributed by atoms with van der Waals surface area (Å²) in [4.78, 5) is 2.69. The van der Waals surface area contributed by atoms with E-state index in [1.165, 1.54) is 31.4 Å². The molecule has 2 nitrogen and oxygen atoms in total. The molecule has 0 spiro atoms. The average Bonchev–Trinajstić information content (AvgIpc) is 2.65. The van der Waals surface area contributed by atoms with Crippen LogP contribution in [0.2, 0.25) is 0 Å². The van der Waals surface area contributed by atoms with Crippen molar-refractivity contribution in [2.75, 3.05) is 19.6 Å². The highest BCUT2D eigenvalue weighted by Crippen LogP contribution is 2.22. The maximum absolute atomic E-state index is 3.62. The number of rotatable bonds is 6. The number of nitrogens with one attached hydrogen (secondary N) is 1. The van der Waals surface area contributed by atoms with E-state index in [1.807, 2.05) is 0 Å². The molecule has 0 aromatic heterocycles. The van der Waals surface area contributed by atoms with E-state index in [-0.39, 0.29) is 0 Å². The van der Waals surface area contributed by atoms with E-state index in [4.69, 9.17) is 0 Å². The van der Waals surface area contributed by atoms with Gasteiger partial charge < -0.3 is 5.32 Å². The number of hydrogen-bond acceptors (Lipinski definition) is 2. The van der Waals surface area contributed by atoms with E-state index in [0.29, 0.717) is 12.0 Å². The fourth-order valence-corrected chi connectivity index (χ4v) is 3.22. The molecule has 0 amide bonds. The molecule has 0 aliphatic carbocycles. The molecule has 1 aliphatic heterocycles. The summed E-state index contributed by atoms with van der Waals surface area (Å²) in [7, 11) is 0. The van der Waals surface area contributed by atoms with E-state index in [2.05, 4.69) is 55.3 Å². The molecule has 0 fully saturated rings. The summed E-state index contributed by atoms with van der Waals surface area (Å²) in [6.07, 6.45) is 3.74. The summed E-state index contributed by atoms with van der Waals surface area (Å²) in [6.45, 7) is 11.5. The summed E-state index contributed by atoms with van der Waals surface area (Å²) >= 11 is 0. The van der Waals surface area contributed by atoms with Crippen LogP contribution in [-0.2, 0) is 13.0 Å². The molecular formula is C18H30N2. The van der Waals surface area contributed by atoms with E-state index in [0.717, 1.165) is 19.6 Å². The monoisotopic (exact) mass is 274 g/mol. The third-order valence-electron chi connectivity index (χ3n) is 4.40. The first-order chi connectivity index (χ1) is 9.72. The maximum atomic E-state index is 3.62. The van der Waals surface area contributed by atoms with Gasteiger partial charge in [-0.3, -0.25) is 4.90 Å². The molecule has 1 aliphatic rings. The fourth-order valence-electron chi connectivity index (χ4n) is 3.22. The van der Waals surface area contributed by atoms with Gasteiger partial charge in [0.2, 0.25) is 0 Å². The lowest BCUT2D eigenvalue weighted by molar-refractivity contribution is 0.145. The second-order valence-electron chi connectivity index (χ2n) is 6.36. The smallest absolute Gasteiger partial charge is 0.0247 e. The van der Waals surface area contributed by atoms with Gasteiger partial charge in [0.1, 0.15) is 0 Å². The lowest BCUT2D eigenvalue weighted by atomic mass is 10.0. The summed E-state index contributed by atoms with van der Waals surface area (Å²) in [5.74, 6) is 0.699. The predicted octanol–water partition coefficient (Wildman–Crippen LogP) is 3.46. The second-order valence-corrected chi connectivity index (χ2v) is 6.36. The highest BCUT2D eigenvalue weighted by molar-refractivity contribution is 5.28. The minimum Gasteiger partial charge on any atom is -0.315 e. The maximum Gasteiger partial charge on any atom is 0.0247 e. The van der Waals surface area contributed by atoms with Gasteiger partial charge in [0, 0.05) is 19.1 Å². The molecule has 2 heteroatoms. The largest absolute Gasteiger partial charge is 0.315 e. The van der Waals surface area contributed by atoms with Crippen LogP contribution < -0.4 is 5.32 Å². The van der Waals surface area contributed by atoms with Gasteiger partial charge in [-0.25, -0.2) is 0 Å². The SMILES string of the molecule is CCCNCC(C(C)C)N1CCCc2ccccc2C1. The van der Waals surface area contributed by atoms with E-state index in [1.54, 1.807) is 5.56 Å². The van der Waals surface area contributed by atoms with E-state index < -0.39 is 0 Å². The molecule has 1 aromatic rings. The van der Waals surface area contributed by atoms with Gasteiger partial charge in [-0.05, 0) is 49.4 Å². The van der Waals surface area contributed by atoms with Crippen molar-refractivity contribution >= 4 is 0 Å². The summed E-state index contributed by atoms with van der Waals surface area (Å²) in [5.41, 5.74) is 3.09. The Balaban J connectivity index is 2.05. The molecule has 0 radical (unpaired) electrons. The van der Waals surface area contributed by atoms with Gasteiger partial charge in [0.25, 0.3) is 0 Å². The van der Waals surface area contributed by atoms with E-state index in [9.17, 15) is 0 Å². The minimum absolute atomic E-state index is 0.646. The molecule has 1 N–H and O–H groups in total. The molecule has 1 unspecified atom stereocenters. The van der Waals surface area contributed by atoms with Gasteiger partial charge in [-0.15, -0.1) is 0 Å². The quantitative estimate of drug-likeness (QED) is 0.799. The first kappa shape index (κ1) is 15.5. The summed E-state index contributed by atoms with van der Waals surface area (Å²) in [5, 5.41) is 3.62. The van der Waals surface area contributed by atoms with Crippen molar-refractivity contribution in [1.29, 1.82) is 0 Å². The van der Waals surface area contributed by atoms with Crippen LogP contribution in [0.15, 0.2) is 24.3 Å². The molecule has 1 heterocycles. The number of hydrogen-bond donors (Lipinski definition) is 1. The Hall–Kier alpha value is -0.860. The van der Waals surface area contributed by atoms with Crippen LogP contribution >= 0.6 is 0 Å². The molecule has 2 rings (SSSR count). The Morgan fingerprint density at radius 1 is 1.20 bits per heavy atom. The normalized spacial score (nSPS) is 17.8. The third kappa shape index (κ3) is 4.07. The highest BCUT2D eigenvalue weighted by atomic mass is 15.2. The summed E-state index contributed by atoms with van der Waals surface area (Å²) in [6, 6.07) is 9.62. The van der Waals surface area contributed by atoms with Gasteiger partial charge in [-0.2, -0.15) is 0 Å². The van der Waals surface area contributed by atoms with Crippen molar-refractivity contribution in [3.63, 3.8) is 0 Å². The Morgan fingerprint density at radius 3 is 2.65 bits per heavy atom. The Kier molecular flexibility index (Phi) is 6.06. The number of nitrogens with zero attached hydrogens (tertiary/aromatic N) is 1. The first-order valence-corrected chi connectivity index (χ1v) is 8.24. The summed E-state index contributed by atoms with van der Waals surface area (Å²) < 4.78 is 0. The third-order valence-corrected chi connectivity index (χ3v) is 4.40. The zero-order valence-corrected chi connectivity index (χ0v) is 13.4. The van der Waals surface area contributed by atoms with Crippen LogP contribution in [0.25, 0.3) is 0 Å². The number of benzene rings is 1. The zero-order chi connectivity index (χ0) is 14.4. The number of fused-ring (bicyclic) bond motifs is 1. The van der Waals surface area contributed by atoms with Crippen molar-refractivity contribution in [3.05, 3.63) is 35.4 Å². The molecular weight excluding hydrogens is 244 g/mol. The molecule has 0 saturated heterocycles. The van der Waals surface area contributed by atoms with Gasteiger partial charge in [0.15, 0.2) is 0 Å². The van der Waals surface area contributed by atoms with Crippen molar-refractivity contribution in [1.82, 2.24) is 10.2 Å². The standard InChI is InChI=1S/C18H30N2/c1-4-11-19-13-18(15(2)3)20-12-7-10-16-8-5-6-9-17(16)14-20/h5-6,8-9,15,18-19H,4,7,10-14H2,1-3H3. The average molecular weight is 274 g/mol. The number of aryl methyl sites for hydroxylation is 1. The second kappa shape index (κ2) is 7.80. The van der Waals surface area contributed by atoms with Crippen molar-refractivity contribution < 1.29 is 0 Å². The topological polar surface area (TPSA) is 15.3 Å². The van der Waals surface area contributed by atoms with Gasteiger partial charge >= 0.3 is 0 Å². The Morgan fingerprint density at radius 2 is 1.95 bits per heavy atom. The first-order valence-electron chi connectivity index (χ1n) is 8.24. The van der Waals surface area contributed by atoms with E-state index >= 15 is 0 Å². The van der Waals surface area contributed by atoms with Crippen molar-refractivity contribution in [2.45, 2.75) is 52.6 Å². The Labute approximate surface area is 124 Å². The lowest BCUT2D eigenvalue weighted by Gasteiger charge is -2.34. The zero-order valence-electron chi connectivity index (χ0n) is 13.4. The van der Waals surface area contributed by atoms with Gasteiger partial charge in [0.05, 0.1) is 0 Å². The van der Waals surface area contributed by atoms with Crippen LogP contribution in [-0.4, -0.2) is 30.6 Å². The van der Waals surface area contributed by atoms with Crippen LogP contribution in [0, 0.1) is 5.92 Å². The van der Waals surface area contributed by atoms with Gasteiger partial charge in [-0.1, -0.05) is 45.0 Å². The predicted molar refractivity (Wildman–Crippen MR) is 87.0 cm³/mol. The molecule has 1 atom stereocenters. The van der Waals surface area contributed by atoms with Crippen molar-refractivity contribution in [3.8, 4) is 0 Å². The molecule has 0 saturated carbocycles.